The zero-order valence-electron chi connectivity index (χ0n) is 11.5. The first kappa shape index (κ1) is 12.0. The van der Waals surface area contributed by atoms with Crippen LogP contribution in [0.3, 0.4) is 0 Å². The summed E-state index contributed by atoms with van der Waals surface area (Å²) in [6.45, 7) is 9.22. The van der Waals surface area contributed by atoms with E-state index in [1.807, 2.05) is 0 Å². The molecule has 17 heavy (non-hydrogen) atoms. The molecule has 3 fully saturated rings. The average molecular weight is 236 g/mol. The maximum absolute atomic E-state index is 2.79. The Morgan fingerprint density at radius 3 is 2.65 bits per heavy atom. The Kier molecular flexibility index (Phi) is 3.45. The number of hydrogen-bond acceptors (Lipinski definition) is 2. The minimum Gasteiger partial charge on any atom is -0.300 e. The van der Waals surface area contributed by atoms with Crippen molar-refractivity contribution in [3.63, 3.8) is 0 Å². The zero-order chi connectivity index (χ0) is 11.7. The molecule has 0 N–H and O–H groups in total. The van der Waals surface area contributed by atoms with Crippen molar-refractivity contribution in [1.29, 1.82) is 0 Å². The third-order valence-corrected chi connectivity index (χ3v) is 5.64. The molecule has 0 aromatic heterocycles. The van der Waals surface area contributed by atoms with Gasteiger partial charge in [-0.25, -0.2) is 0 Å². The summed E-state index contributed by atoms with van der Waals surface area (Å²) in [5.74, 6) is 0. The molecule has 0 bridgehead atoms. The standard InChI is InChI=1S/C15H28N2/c1-2-15(7-3-4-8-15)13-16-10-11-17-9-5-6-14(17)12-16/h14H,2-13H2,1H3. The van der Waals surface area contributed by atoms with E-state index in [2.05, 4.69) is 16.7 Å². The molecule has 0 aromatic rings. The van der Waals surface area contributed by atoms with Gasteiger partial charge in [0.25, 0.3) is 0 Å². The van der Waals surface area contributed by atoms with Crippen molar-refractivity contribution in [1.82, 2.24) is 9.80 Å². The van der Waals surface area contributed by atoms with Gasteiger partial charge in [-0.15, -0.1) is 0 Å². The van der Waals surface area contributed by atoms with Gasteiger partial charge in [-0.1, -0.05) is 19.8 Å². The molecule has 0 radical (unpaired) electrons. The number of fused-ring (bicyclic) bond motifs is 1. The second kappa shape index (κ2) is 4.89. The van der Waals surface area contributed by atoms with Crippen molar-refractivity contribution >= 4 is 0 Å². The van der Waals surface area contributed by atoms with Crippen LogP contribution in [0.1, 0.15) is 51.9 Å². The van der Waals surface area contributed by atoms with E-state index in [0.29, 0.717) is 5.41 Å². The molecule has 0 amide bonds. The summed E-state index contributed by atoms with van der Waals surface area (Å²) in [6.07, 6.45) is 10.3. The van der Waals surface area contributed by atoms with E-state index in [9.17, 15) is 0 Å². The fourth-order valence-corrected chi connectivity index (χ4v) is 4.42. The quantitative estimate of drug-likeness (QED) is 0.743. The molecule has 1 saturated carbocycles. The van der Waals surface area contributed by atoms with Crippen LogP contribution in [0.5, 0.6) is 0 Å². The van der Waals surface area contributed by atoms with Gasteiger partial charge in [0.1, 0.15) is 0 Å². The highest BCUT2D eigenvalue weighted by atomic mass is 15.3. The first-order chi connectivity index (χ1) is 8.31. The van der Waals surface area contributed by atoms with Gasteiger partial charge < -0.3 is 0 Å². The minimum absolute atomic E-state index is 0.695. The number of piperazine rings is 1. The van der Waals surface area contributed by atoms with Crippen LogP contribution in [0.25, 0.3) is 0 Å². The molecule has 2 saturated heterocycles. The Morgan fingerprint density at radius 2 is 1.88 bits per heavy atom. The van der Waals surface area contributed by atoms with Gasteiger partial charge in [0.05, 0.1) is 0 Å². The third-order valence-electron chi connectivity index (χ3n) is 5.64. The number of hydrogen-bond donors (Lipinski definition) is 0. The molecule has 1 unspecified atom stereocenters. The van der Waals surface area contributed by atoms with Crippen molar-refractivity contribution in [2.24, 2.45) is 5.41 Å². The lowest BCUT2D eigenvalue weighted by Crippen LogP contribution is -2.52. The van der Waals surface area contributed by atoms with Gasteiger partial charge in [0, 0.05) is 32.2 Å². The summed E-state index contributed by atoms with van der Waals surface area (Å²) < 4.78 is 0. The Bertz CT molecular complexity index is 258. The number of nitrogens with zero attached hydrogens (tertiary/aromatic N) is 2. The van der Waals surface area contributed by atoms with E-state index >= 15 is 0 Å². The predicted molar refractivity (Wildman–Crippen MR) is 72.2 cm³/mol. The molecule has 2 nitrogen and oxygen atoms in total. The zero-order valence-corrected chi connectivity index (χ0v) is 11.5. The highest BCUT2D eigenvalue weighted by Crippen LogP contribution is 2.42. The van der Waals surface area contributed by atoms with E-state index in [1.54, 1.807) is 0 Å². The molecule has 1 aliphatic carbocycles. The molecular formula is C15H28N2. The second-order valence-electron chi connectivity index (χ2n) is 6.63. The van der Waals surface area contributed by atoms with Gasteiger partial charge in [0.2, 0.25) is 0 Å². The van der Waals surface area contributed by atoms with Crippen LogP contribution in [0.15, 0.2) is 0 Å². The maximum Gasteiger partial charge on any atom is 0.0224 e. The van der Waals surface area contributed by atoms with Gasteiger partial charge >= 0.3 is 0 Å². The Labute approximate surface area is 106 Å². The third kappa shape index (κ3) is 2.39. The smallest absolute Gasteiger partial charge is 0.0224 e. The first-order valence-corrected chi connectivity index (χ1v) is 7.78. The Balaban J connectivity index is 1.58. The fraction of sp³-hybridized carbons (Fsp3) is 1.00. The van der Waals surface area contributed by atoms with Crippen LogP contribution in [0, 0.1) is 5.41 Å². The monoisotopic (exact) mass is 236 g/mol. The van der Waals surface area contributed by atoms with Crippen molar-refractivity contribution in [2.75, 3.05) is 32.7 Å². The lowest BCUT2D eigenvalue weighted by atomic mass is 9.82. The first-order valence-electron chi connectivity index (χ1n) is 7.78. The molecule has 2 heterocycles. The molecule has 0 aromatic carbocycles. The maximum atomic E-state index is 2.79. The van der Waals surface area contributed by atoms with Gasteiger partial charge in [0.15, 0.2) is 0 Å². The van der Waals surface area contributed by atoms with Crippen LogP contribution < -0.4 is 0 Å². The molecule has 3 rings (SSSR count). The van der Waals surface area contributed by atoms with Crippen molar-refractivity contribution in [3.05, 3.63) is 0 Å². The predicted octanol–water partition coefficient (Wildman–Crippen LogP) is 2.74. The summed E-state index contributed by atoms with van der Waals surface area (Å²) in [7, 11) is 0. The number of rotatable bonds is 3. The summed E-state index contributed by atoms with van der Waals surface area (Å²) in [5, 5.41) is 0. The van der Waals surface area contributed by atoms with Gasteiger partial charge in [-0.3, -0.25) is 9.80 Å². The molecule has 0 spiro atoms. The lowest BCUT2D eigenvalue weighted by Gasteiger charge is -2.42. The Hall–Kier alpha value is -0.0800. The molecule has 1 atom stereocenters. The molecule has 98 valence electrons. The van der Waals surface area contributed by atoms with Crippen LogP contribution >= 0.6 is 0 Å². The van der Waals surface area contributed by atoms with E-state index in [1.165, 1.54) is 77.7 Å². The summed E-state index contributed by atoms with van der Waals surface area (Å²) >= 11 is 0. The van der Waals surface area contributed by atoms with Crippen molar-refractivity contribution in [3.8, 4) is 0 Å². The summed E-state index contributed by atoms with van der Waals surface area (Å²) in [5.41, 5.74) is 0.695. The largest absolute Gasteiger partial charge is 0.300 e. The van der Waals surface area contributed by atoms with E-state index in [-0.39, 0.29) is 0 Å². The van der Waals surface area contributed by atoms with Crippen LogP contribution in [-0.4, -0.2) is 48.6 Å². The van der Waals surface area contributed by atoms with Gasteiger partial charge in [-0.2, -0.15) is 0 Å². The van der Waals surface area contributed by atoms with Crippen molar-refractivity contribution < 1.29 is 0 Å². The molecular weight excluding hydrogens is 208 g/mol. The molecule has 2 heteroatoms. The van der Waals surface area contributed by atoms with E-state index in [4.69, 9.17) is 0 Å². The molecule has 2 aliphatic heterocycles. The Morgan fingerprint density at radius 1 is 1.06 bits per heavy atom. The highest BCUT2D eigenvalue weighted by molar-refractivity contribution is 4.92. The van der Waals surface area contributed by atoms with E-state index < -0.39 is 0 Å². The van der Waals surface area contributed by atoms with Crippen LogP contribution in [0.2, 0.25) is 0 Å². The topological polar surface area (TPSA) is 6.48 Å². The SMILES string of the molecule is CCC1(CN2CCN3CCCC3C2)CCCC1. The average Bonchev–Trinajstić information content (AvgIpc) is 2.97. The second-order valence-corrected chi connectivity index (χ2v) is 6.63. The van der Waals surface area contributed by atoms with Gasteiger partial charge in [-0.05, 0) is 44.1 Å². The van der Waals surface area contributed by atoms with Crippen LogP contribution in [-0.2, 0) is 0 Å². The summed E-state index contributed by atoms with van der Waals surface area (Å²) in [4.78, 5) is 5.52. The van der Waals surface area contributed by atoms with Crippen molar-refractivity contribution in [2.45, 2.75) is 57.9 Å². The summed E-state index contributed by atoms with van der Waals surface area (Å²) in [6, 6.07) is 0.902. The highest BCUT2D eigenvalue weighted by Gasteiger charge is 2.37. The van der Waals surface area contributed by atoms with Crippen LogP contribution in [0.4, 0.5) is 0 Å². The van der Waals surface area contributed by atoms with E-state index in [0.717, 1.165) is 6.04 Å². The lowest BCUT2D eigenvalue weighted by molar-refractivity contribution is 0.0638. The minimum atomic E-state index is 0.695. The molecule has 3 aliphatic rings. The fourth-order valence-electron chi connectivity index (χ4n) is 4.42. The normalized spacial score (nSPS) is 34.1.